The zero-order valence-electron chi connectivity index (χ0n) is 11.8. The van der Waals surface area contributed by atoms with E-state index in [2.05, 4.69) is 44.5 Å². The molecule has 0 bridgehead atoms. The van der Waals surface area contributed by atoms with Crippen LogP contribution in [-0.4, -0.2) is 35.5 Å². The van der Waals surface area contributed by atoms with Crippen LogP contribution in [0.3, 0.4) is 0 Å². The van der Waals surface area contributed by atoms with Crippen LogP contribution in [0.5, 0.6) is 0 Å². The first-order valence-corrected chi connectivity index (χ1v) is 6.47. The van der Waals surface area contributed by atoms with Crippen LogP contribution in [0.2, 0.25) is 0 Å². The minimum atomic E-state index is 0.824. The molecule has 0 aliphatic heterocycles. The Bertz CT molecular complexity index is 728. The molecule has 1 N–H and O–H groups in total. The van der Waals surface area contributed by atoms with E-state index in [4.69, 9.17) is 0 Å². The molecule has 3 rings (SSSR count). The lowest BCUT2D eigenvalue weighted by atomic mass is 10.1. The summed E-state index contributed by atoms with van der Waals surface area (Å²) in [6.07, 6.45) is 5.71. The molecule has 0 unspecified atom stereocenters. The normalized spacial score (nSPS) is 10.8. The number of hydrogen-bond acceptors (Lipinski definition) is 4. The van der Waals surface area contributed by atoms with E-state index in [-0.39, 0.29) is 0 Å². The topological polar surface area (TPSA) is 45.5 Å². The highest BCUT2D eigenvalue weighted by Gasteiger charge is 2.05. The second-order valence-electron chi connectivity index (χ2n) is 4.86. The summed E-state index contributed by atoms with van der Waals surface area (Å²) in [4.78, 5) is 10.9. The van der Waals surface area contributed by atoms with Crippen LogP contribution in [0.25, 0.3) is 16.9 Å². The van der Waals surface area contributed by atoms with Gasteiger partial charge < -0.3 is 14.6 Å². The lowest BCUT2D eigenvalue weighted by Gasteiger charge is -2.12. The molecule has 20 heavy (non-hydrogen) atoms. The Morgan fingerprint density at radius 2 is 1.85 bits per heavy atom. The molecule has 0 amide bonds. The Hall–Kier alpha value is -2.56. The molecule has 2 aromatic heterocycles. The van der Waals surface area contributed by atoms with E-state index in [1.54, 1.807) is 6.20 Å². The second kappa shape index (κ2) is 4.85. The Balaban J connectivity index is 2.01. The van der Waals surface area contributed by atoms with Crippen LogP contribution in [0.4, 0.5) is 11.5 Å². The molecule has 0 radical (unpaired) electrons. The van der Waals surface area contributed by atoms with Gasteiger partial charge in [-0.25, -0.2) is 9.97 Å². The van der Waals surface area contributed by atoms with Crippen molar-refractivity contribution >= 4 is 17.2 Å². The van der Waals surface area contributed by atoms with Gasteiger partial charge in [0.25, 0.3) is 0 Å². The van der Waals surface area contributed by atoms with Gasteiger partial charge in [-0.2, -0.15) is 0 Å². The van der Waals surface area contributed by atoms with Gasteiger partial charge in [0.05, 0.1) is 18.1 Å². The van der Waals surface area contributed by atoms with E-state index in [1.807, 2.05) is 37.9 Å². The molecule has 0 aliphatic carbocycles. The molecule has 1 aromatic carbocycles. The maximum Gasteiger partial charge on any atom is 0.156 e. The number of anilines is 2. The minimum Gasteiger partial charge on any atom is -0.378 e. The van der Waals surface area contributed by atoms with Crippen molar-refractivity contribution in [3.63, 3.8) is 0 Å². The summed E-state index contributed by atoms with van der Waals surface area (Å²) in [6.45, 7) is 0. The van der Waals surface area contributed by atoms with Gasteiger partial charge in [-0.1, -0.05) is 12.1 Å². The lowest BCUT2D eigenvalue weighted by Crippen LogP contribution is -2.07. The maximum absolute atomic E-state index is 4.59. The smallest absolute Gasteiger partial charge is 0.156 e. The van der Waals surface area contributed by atoms with Gasteiger partial charge in [0, 0.05) is 38.6 Å². The van der Waals surface area contributed by atoms with Crippen LogP contribution in [0.1, 0.15) is 0 Å². The Kier molecular flexibility index (Phi) is 3.02. The lowest BCUT2D eigenvalue weighted by molar-refractivity contribution is 1.12. The highest BCUT2D eigenvalue weighted by atomic mass is 15.1. The summed E-state index contributed by atoms with van der Waals surface area (Å²) in [5, 5.41) is 3.02. The van der Waals surface area contributed by atoms with Crippen LogP contribution < -0.4 is 10.2 Å². The van der Waals surface area contributed by atoms with Crippen molar-refractivity contribution in [2.75, 3.05) is 31.4 Å². The fourth-order valence-corrected chi connectivity index (χ4v) is 2.10. The number of nitrogens with zero attached hydrogens (tertiary/aromatic N) is 4. The average Bonchev–Trinajstić information content (AvgIpc) is 2.90. The van der Waals surface area contributed by atoms with Gasteiger partial charge >= 0.3 is 0 Å². The van der Waals surface area contributed by atoms with E-state index < -0.39 is 0 Å². The van der Waals surface area contributed by atoms with Crippen molar-refractivity contribution in [1.82, 2.24) is 14.4 Å². The van der Waals surface area contributed by atoms with Gasteiger partial charge in [0.15, 0.2) is 5.65 Å². The van der Waals surface area contributed by atoms with E-state index in [0.717, 1.165) is 22.7 Å². The molecular weight excluding hydrogens is 250 g/mol. The van der Waals surface area contributed by atoms with Crippen molar-refractivity contribution in [2.24, 2.45) is 0 Å². The molecular formula is C15H17N5. The quantitative estimate of drug-likeness (QED) is 0.792. The molecule has 5 heteroatoms. The Morgan fingerprint density at radius 3 is 2.50 bits per heavy atom. The molecule has 102 valence electrons. The molecule has 5 nitrogen and oxygen atoms in total. The first-order chi connectivity index (χ1) is 9.67. The molecule has 0 saturated carbocycles. The predicted molar refractivity (Wildman–Crippen MR) is 82.3 cm³/mol. The summed E-state index contributed by atoms with van der Waals surface area (Å²) in [7, 11) is 5.92. The van der Waals surface area contributed by atoms with E-state index >= 15 is 0 Å². The molecule has 3 aromatic rings. The third kappa shape index (κ3) is 2.18. The summed E-state index contributed by atoms with van der Waals surface area (Å²) in [5.41, 5.74) is 4.07. The molecule has 0 atom stereocenters. The number of rotatable bonds is 3. The third-order valence-electron chi connectivity index (χ3n) is 3.28. The zero-order chi connectivity index (χ0) is 14.1. The predicted octanol–water partition coefficient (Wildman–Crippen LogP) is 2.50. The van der Waals surface area contributed by atoms with Gasteiger partial charge in [-0.3, -0.25) is 0 Å². The summed E-state index contributed by atoms with van der Waals surface area (Å²) < 4.78 is 1.98. The van der Waals surface area contributed by atoms with E-state index in [1.165, 1.54) is 5.69 Å². The van der Waals surface area contributed by atoms with E-state index in [0.29, 0.717) is 0 Å². The number of benzene rings is 1. The Morgan fingerprint density at radius 1 is 1.10 bits per heavy atom. The number of imidazole rings is 1. The van der Waals surface area contributed by atoms with Crippen LogP contribution in [0, 0.1) is 0 Å². The van der Waals surface area contributed by atoms with Crippen LogP contribution in [0.15, 0.2) is 42.9 Å². The standard InChI is InChI=1S/C15H17N5/c1-16-14-10-20-9-13(18-15(20)8-17-14)11-4-6-12(7-5-11)19(2)3/h4-10,16H,1-3H3. The van der Waals surface area contributed by atoms with Gasteiger partial charge in [0.2, 0.25) is 0 Å². The molecule has 0 spiro atoms. The van der Waals surface area contributed by atoms with Gasteiger partial charge in [-0.15, -0.1) is 0 Å². The fourth-order valence-electron chi connectivity index (χ4n) is 2.10. The monoisotopic (exact) mass is 267 g/mol. The first kappa shape index (κ1) is 12.5. The van der Waals surface area contributed by atoms with Gasteiger partial charge in [-0.05, 0) is 12.1 Å². The third-order valence-corrected chi connectivity index (χ3v) is 3.28. The summed E-state index contributed by atoms with van der Waals surface area (Å²) in [5.74, 6) is 0.824. The molecule has 0 fully saturated rings. The van der Waals surface area contributed by atoms with Crippen molar-refractivity contribution in [2.45, 2.75) is 0 Å². The minimum absolute atomic E-state index is 0.824. The largest absolute Gasteiger partial charge is 0.378 e. The SMILES string of the molecule is CNc1cn2cc(-c3ccc(N(C)C)cc3)nc2cn1. The number of fused-ring (bicyclic) bond motifs is 1. The number of aromatic nitrogens is 3. The fraction of sp³-hybridized carbons (Fsp3) is 0.200. The zero-order valence-corrected chi connectivity index (χ0v) is 11.8. The highest BCUT2D eigenvalue weighted by Crippen LogP contribution is 2.22. The van der Waals surface area contributed by atoms with Crippen molar-refractivity contribution < 1.29 is 0 Å². The molecule has 0 saturated heterocycles. The summed E-state index contributed by atoms with van der Waals surface area (Å²) in [6, 6.07) is 8.36. The average molecular weight is 267 g/mol. The highest BCUT2D eigenvalue weighted by molar-refractivity contribution is 5.65. The van der Waals surface area contributed by atoms with Crippen molar-refractivity contribution in [3.05, 3.63) is 42.9 Å². The maximum atomic E-state index is 4.59. The summed E-state index contributed by atoms with van der Waals surface area (Å²) >= 11 is 0. The first-order valence-electron chi connectivity index (χ1n) is 6.47. The van der Waals surface area contributed by atoms with E-state index in [9.17, 15) is 0 Å². The van der Waals surface area contributed by atoms with Crippen molar-refractivity contribution in [3.8, 4) is 11.3 Å². The number of nitrogens with one attached hydrogen (secondary N) is 1. The van der Waals surface area contributed by atoms with Crippen LogP contribution in [-0.2, 0) is 0 Å². The molecule has 0 aliphatic rings. The molecule has 2 heterocycles. The van der Waals surface area contributed by atoms with Gasteiger partial charge in [0.1, 0.15) is 5.82 Å². The number of hydrogen-bond donors (Lipinski definition) is 1. The second-order valence-corrected chi connectivity index (χ2v) is 4.86. The van der Waals surface area contributed by atoms with Crippen LogP contribution >= 0.6 is 0 Å². The Labute approximate surface area is 117 Å². The van der Waals surface area contributed by atoms with Crippen molar-refractivity contribution in [1.29, 1.82) is 0 Å².